The van der Waals surface area contributed by atoms with Crippen LogP contribution in [0.2, 0.25) is 0 Å². The lowest BCUT2D eigenvalue weighted by atomic mass is 10.2. The van der Waals surface area contributed by atoms with Gasteiger partial charge in [-0.05, 0) is 14.0 Å². The van der Waals surface area contributed by atoms with Crippen LogP contribution in [-0.2, 0) is 4.79 Å². The van der Waals surface area contributed by atoms with Gasteiger partial charge in [-0.1, -0.05) is 0 Å². The van der Waals surface area contributed by atoms with Crippen molar-refractivity contribution in [1.82, 2.24) is 19.8 Å². The molecule has 24 heavy (non-hydrogen) atoms. The third-order valence-electron chi connectivity index (χ3n) is 4.75. The predicted molar refractivity (Wildman–Crippen MR) is 93.3 cm³/mol. The minimum Gasteiger partial charge on any atom is -0.374 e. The van der Waals surface area contributed by atoms with Crippen LogP contribution in [0.3, 0.4) is 0 Å². The molecule has 0 saturated carbocycles. The third kappa shape index (κ3) is 4.81. The molecule has 4 unspecified atom stereocenters. The molecule has 4 atom stereocenters. The Hall–Kier alpha value is 0.0500. The van der Waals surface area contributed by atoms with Crippen LogP contribution < -0.4 is 0 Å². The number of piperazine rings is 1. The van der Waals surface area contributed by atoms with E-state index >= 15 is 0 Å². The molecule has 2 fully saturated rings. The molecule has 2 rings (SSSR count). The molecule has 0 aromatic heterocycles. The molecule has 0 aromatic rings. The van der Waals surface area contributed by atoms with E-state index < -0.39 is 22.3 Å². The van der Waals surface area contributed by atoms with E-state index in [0.717, 1.165) is 45.7 Å². The van der Waals surface area contributed by atoms with Crippen LogP contribution in [0.25, 0.3) is 0 Å². The minimum atomic E-state index is -2.58. The molecule has 1 amide bonds. The molecule has 0 bridgehead atoms. The Morgan fingerprint density at radius 1 is 1.33 bits per heavy atom. The zero-order valence-electron chi connectivity index (χ0n) is 14.2. The van der Waals surface area contributed by atoms with Gasteiger partial charge in [0.1, 0.15) is 0 Å². The molecule has 0 radical (unpaired) electrons. The second-order valence-corrected chi connectivity index (χ2v) is 9.65. The van der Waals surface area contributed by atoms with Crippen molar-refractivity contribution < 1.29 is 24.6 Å². The van der Waals surface area contributed by atoms with Gasteiger partial charge in [0.25, 0.3) is 0 Å². The van der Waals surface area contributed by atoms with Crippen LogP contribution in [0.5, 0.6) is 0 Å². The van der Waals surface area contributed by atoms with E-state index in [2.05, 4.69) is 16.9 Å². The number of amides is 1. The summed E-state index contributed by atoms with van der Waals surface area (Å²) in [5.41, 5.74) is 0.0148. The van der Waals surface area contributed by atoms with Gasteiger partial charge in [0.15, 0.2) is 5.08 Å². The number of hydrazine groups is 1. The van der Waals surface area contributed by atoms with Crippen molar-refractivity contribution in [2.24, 2.45) is 0 Å². The number of carbonyl (C=O) groups excluding carboxylic acids is 1. The highest BCUT2D eigenvalue weighted by Crippen LogP contribution is 2.52. The highest BCUT2D eigenvalue weighted by atomic mass is 31.2. The summed E-state index contributed by atoms with van der Waals surface area (Å²) in [4.78, 5) is 42.2. The number of rotatable bonds is 9. The molecule has 4 N–H and O–H groups in total. The Kier molecular flexibility index (Phi) is 6.93. The smallest absolute Gasteiger partial charge is 0.209 e. The summed E-state index contributed by atoms with van der Waals surface area (Å²) in [7, 11) is -1.57. The maximum absolute atomic E-state index is 10.8. The summed E-state index contributed by atoms with van der Waals surface area (Å²) in [6.45, 7) is 7.51. The van der Waals surface area contributed by atoms with Gasteiger partial charge in [-0.15, -0.1) is 0 Å². The zero-order chi connectivity index (χ0) is 18.0. The topological polar surface area (TPSA) is 111 Å². The van der Waals surface area contributed by atoms with E-state index in [1.807, 2.05) is 11.9 Å². The fraction of sp³-hybridized carbons (Fsp3) is 0.923. The minimum absolute atomic E-state index is 0.0148. The Morgan fingerprint density at radius 3 is 2.46 bits per heavy atom. The van der Waals surface area contributed by atoms with Crippen LogP contribution in [0.1, 0.15) is 13.3 Å². The maximum atomic E-state index is 10.8. The first kappa shape index (κ1) is 20.4. The van der Waals surface area contributed by atoms with E-state index in [1.165, 1.54) is 0 Å². The molecule has 2 saturated heterocycles. The van der Waals surface area contributed by atoms with E-state index in [-0.39, 0.29) is 12.0 Å². The fourth-order valence-electron chi connectivity index (χ4n) is 3.13. The van der Waals surface area contributed by atoms with Crippen molar-refractivity contribution in [3.05, 3.63) is 0 Å². The second kappa shape index (κ2) is 8.16. The number of likely N-dealkylation sites (N-methyl/N-ethyl adjacent to an activating group) is 1. The highest BCUT2D eigenvalue weighted by Gasteiger charge is 2.52. The molecule has 2 aliphatic heterocycles. The third-order valence-corrected chi connectivity index (χ3v) is 7.15. The Balaban J connectivity index is 1.76. The van der Waals surface area contributed by atoms with Crippen LogP contribution in [0, 0.1) is 0 Å². The first-order valence-electron chi connectivity index (χ1n) is 7.96. The monoisotopic (exact) mass is 382 g/mol. The molecule has 2 aliphatic rings. The quantitative estimate of drug-likeness (QED) is 0.219. The lowest BCUT2D eigenvalue weighted by Crippen LogP contribution is -2.50. The Bertz CT molecular complexity index is 441. The van der Waals surface area contributed by atoms with Crippen LogP contribution in [0.4, 0.5) is 0 Å². The molecule has 9 nitrogen and oxygen atoms in total. The van der Waals surface area contributed by atoms with Crippen molar-refractivity contribution in [1.29, 1.82) is 0 Å². The number of nitrogens with zero attached hydrogens (tertiary/aromatic N) is 4. The van der Waals surface area contributed by atoms with Gasteiger partial charge in [-0.3, -0.25) is 4.79 Å². The normalized spacial score (nSPS) is 31.2. The van der Waals surface area contributed by atoms with Gasteiger partial charge < -0.3 is 29.6 Å². The summed E-state index contributed by atoms with van der Waals surface area (Å²) in [6.07, 6.45) is 1.01. The molecule has 0 aromatic carbocycles. The first-order chi connectivity index (χ1) is 11.2. The van der Waals surface area contributed by atoms with Crippen LogP contribution in [0.15, 0.2) is 0 Å². The first-order valence-corrected chi connectivity index (χ1v) is 10.2. The molecule has 140 valence electrons. The van der Waals surface area contributed by atoms with E-state index in [4.69, 9.17) is 0 Å². The van der Waals surface area contributed by atoms with E-state index in [0.29, 0.717) is 6.54 Å². The second-order valence-electron chi connectivity index (χ2n) is 6.86. The summed E-state index contributed by atoms with van der Waals surface area (Å²) in [5, 5.41) is 12.8. The molecular weight excluding hydrogens is 354 g/mol. The largest absolute Gasteiger partial charge is 0.374 e. The summed E-state index contributed by atoms with van der Waals surface area (Å²) in [6, 6.07) is 0. The zero-order valence-corrected chi connectivity index (χ0v) is 16.1. The maximum Gasteiger partial charge on any atom is 0.209 e. The predicted octanol–water partition coefficient (Wildman–Crippen LogP) is -1.40. The van der Waals surface area contributed by atoms with Gasteiger partial charge in [0.05, 0.1) is 14.3 Å². The summed E-state index contributed by atoms with van der Waals surface area (Å²) >= 11 is 0. The number of hydrogen-bond acceptors (Lipinski definition) is 8. The van der Waals surface area contributed by atoms with Crippen LogP contribution >= 0.6 is 17.2 Å². The van der Waals surface area contributed by atoms with Gasteiger partial charge in [0.2, 0.25) is 14.8 Å². The number of carbonyl (C=O) groups is 1. The molecule has 11 heteroatoms. The van der Waals surface area contributed by atoms with Crippen molar-refractivity contribution in [3.63, 3.8) is 0 Å². The average Bonchev–Trinajstić information content (AvgIpc) is 3.23. The van der Waals surface area contributed by atoms with Gasteiger partial charge in [0, 0.05) is 52.2 Å². The van der Waals surface area contributed by atoms with Crippen LogP contribution in [-0.4, -0.2) is 109 Å². The Labute approximate surface area is 145 Å². The van der Waals surface area contributed by atoms with Crippen molar-refractivity contribution >= 4 is 23.6 Å². The standard InChI is InChI=1S/C13H28N4O5P2/c1-12(9-14(2)4-3-13(19,23-20)24(21)22)10-17(12)16-7-5-15(11-18)6-8-16/h11,19-23H,3-10H2,1-2H3. The van der Waals surface area contributed by atoms with Crippen molar-refractivity contribution in [2.75, 3.05) is 52.9 Å². The molecular formula is C13H28N4O5P2. The summed E-state index contributed by atoms with van der Waals surface area (Å²) in [5.74, 6) is 0. The van der Waals surface area contributed by atoms with Crippen molar-refractivity contribution in [3.8, 4) is 0 Å². The number of hydrogen-bond donors (Lipinski definition) is 4. The molecule has 0 aliphatic carbocycles. The Morgan fingerprint density at radius 2 is 1.96 bits per heavy atom. The fourth-order valence-corrected chi connectivity index (χ4v) is 4.01. The molecule has 2 heterocycles. The SMILES string of the molecule is CN(CCC(O)(PO)P(O)O)CC1(C)CN1N1CCN(C=O)CC1. The van der Waals surface area contributed by atoms with Crippen molar-refractivity contribution in [2.45, 2.75) is 24.0 Å². The lowest BCUT2D eigenvalue weighted by Gasteiger charge is -2.35. The van der Waals surface area contributed by atoms with E-state index in [1.54, 1.807) is 4.90 Å². The van der Waals surface area contributed by atoms with Gasteiger partial charge in [-0.2, -0.15) is 0 Å². The van der Waals surface area contributed by atoms with Gasteiger partial charge in [-0.25, -0.2) is 10.0 Å². The lowest BCUT2D eigenvalue weighted by molar-refractivity contribution is -0.121. The average molecular weight is 382 g/mol. The van der Waals surface area contributed by atoms with Gasteiger partial charge >= 0.3 is 0 Å². The number of aliphatic hydroxyl groups is 1. The highest BCUT2D eigenvalue weighted by molar-refractivity contribution is 7.60. The summed E-state index contributed by atoms with van der Waals surface area (Å²) < 4.78 is 0. The van der Waals surface area contributed by atoms with E-state index in [9.17, 15) is 24.6 Å². The molecule has 0 spiro atoms.